The van der Waals surface area contributed by atoms with Gasteiger partial charge in [-0.2, -0.15) is 5.10 Å². The van der Waals surface area contributed by atoms with Crippen LogP contribution < -0.4 is 31.5 Å². The first-order chi connectivity index (χ1) is 15.8. The molecule has 0 spiro atoms. The van der Waals surface area contributed by atoms with E-state index in [1.165, 1.54) is 26.2 Å². The summed E-state index contributed by atoms with van der Waals surface area (Å²) in [6.45, 7) is 7.59. The van der Waals surface area contributed by atoms with Crippen molar-refractivity contribution in [1.82, 2.24) is 14.7 Å². The van der Waals surface area contributed by atoms with Crippen LogP contribution in [0.5, 0.6) is 17.2 Å². The Kier molecular flexibility index (Phi) is 9.76. The summed E-state index contributed by atoms with van der Waals surface area (Å²) < 4.78 is 17.9. The third kappa shape index (κ3) is 5.82. The lowest BCUT2D eigenvalue weighted by atomic mass is 10.1. The SMILES string of the molecule is COc1cc(C(=O)N2CCC[NH+](CCC(=O)c3c(C)nn(C)c3C)CC2)cc(OC)c1OC.[Cl-]. The zero-order valence-electron chi connectivity index (χ0n) is 20.9. The van der Waals surface area contributed by atoms with Crippen molar-refractivity contribution in [1.29, 1.82) is 0 Å². The molecule has 10 heteroatoms. The number of amides is 1. The van der Waals surface area contributed by atoms with Crippen molar-refractivity contribution in [3.05, 3.63) is 34.6 Å². The van der Waals surface area contributed by atoms with Gasteiger partial charge in [-0.1, -0.05) is 0 Å². The van der Waals surface area contributed by atoms with Gasteiger partial charge in [0, 0.05) is 31.3 Å². The number of nitrogens with zero attached hydrogens (tertiary/aromatic N) is 3. The maximum Gasteiger partial charge on any atom is 0.254 e. The average molecular weight is 495 g/mol. The summed E-state index contributed by atoms with van der Waals surface area (Å²) >= 11 is 0. The molecule has 0 bridgehead atoms. The van der Waals surface area contributed by atoms with Gasteiger partial charge in [-0.25, -0.2) is 0 Å². The second-order valence-electron chi connectivity index (χ2n) is 8.40. The summed E-state index contributed by atoms with van der Waals surface area (Å²) in [5.74, 6) is 1.46. The molecule has 1 aromatic carbocycles. The first-order valence-corrected chi connectivity index (χ1v) is 11.3. The molecule has 0 radical (unpaired) electrons. The molecule has 1 saturated heterocycles. The summed E-state index contributed by atoms with van der Waals surface area (Å²) in [7, 11) is 6.47. The van der Waals surface area contributed by atoms with Crippen LogP contribution in [0.15, 0.2) is 12.1 Å². The van der Waals surface area contributed by atoms with Crippen molar-refractivity contribution in [3.8, 4) is 17.2 Å². The molecule has 1 unspecified atom stereocenters. The summed E-state index contributed by atoms with van der Waals surface area (Å²) in [5, 5.41) is 4.35. The van der Waals surface area contributed by atoms with Gasteiger partial charge in [0.2, 0.25) is 5.75 Å². The number of rotatable bonds is 8. The molecular formula is C24H35ClN4O5. The van der Waals surface area contributed by atoms with Crippen LogP contribution in [0.4, 0.5) is 0 Å². The third-order valence-electron chi connectivity index (χ3n) is 6.39. The van der Waals surface area contributed by atoms with Crippen molar-refractivity contribution < 1.29 is 41.1 Å². The van der Waals surface area contributed by atoms with E-state index >= 15 is 0 Å². The first kappa shape index (κ1) is 27.5. The number of quaternary nitrogens is 1. The zero-order chi connectivity index (χ0) is 24.1. The highest BCUT2D eigenvalue weighted by atomic mass is 35.5. The Labute approximate surface area is 207 Å². The summed E-state index contributed by atoms with van der Waals surface area (Å²) in [5.41, 5.74) is 2.94. The molecule has 1 aromatic heterocycles. The molecule has 1 fully saturated rings. The highest BCUT2D eigenvalue weighted by molar-refractivity contribution is 5.98. The number of hydrogen-bond acceptors (Lipinski definition) is 6. The van der Waals surface area contributed by atoms with E-state index in [0.29, 0.717) is 42.3 Å². The Hall–Kier alpha value is -2.78. The highest BCUT2D eigenvalue weighted by Crippen LogP contribution is 2.38. The Morgan fingerprint density at radius 3 is 2.21 bits per heavy atom. The van der Waals surface area contributed by atoms with Crippen LogP contribution in [-0.2, 0) is 7.05 Å². The van der Waals surface area contributed by atoms with Crippen LogP contribution in [0.25, 0.3) is 0 Å². The summed E-state index contributed by atoms with van der Waals surface area (Å²) in [4.78, 5) is 29.2. The van der Waals surface area contributed by atoms with Gasteiger partial charge in [-0.15, -0.1) is 0 Å². The molecule has 9 nitrogen and oxygen atoms in total. The number of carbonyl (C=O) groups excluding carboxylic acids is 2. The van der Waals surface area contributed by atoms with E-state index in [1.54, 1.807) is 16.8 Å². The fourth-order valence-corrected chi connectivity index (χ4v) is 4.48. The monoisotopic (exact) mass is 494 g/mol. The van der Waals surface area contributed by atoms with Gasteiger partial charge in [-0.3, -0.25) is 14.3 Å². The lowest BCUT2D eigenvalue weighted by molar-refractivity contribution is -0.897. The van der Waals surface area contributed by atoms with Crippen molar-refractivity contribution in [3.63, 3.8) is 0 Å². The van der Waals surface area contributed by atoms with Gasteiger partial charge in [0.05, 0.1) is 65.2 Å². The molecular weight excluding hydrogens is 460 g/mol. The quantitative estimate of drug-likeness (QED) is 0.430. The molecule has 34 heavy (non-hydrogen) atoms. The molecule has 1 atom stereocenters. The van der Waals surface area contributed by atoms with Gasteiger partial charge in [0.15, 0.2) is 17.3 Å². The molecule has 3 rings (SSSR count). The number of carbonyl (C=O) groups is 2. The first-order valence-electron chi connectivity index (χ1n) is 11.3. The molecule has 188 valence electrons. The molecule has 2 heterocycles. The summed E-state index contributed by atoms with van der Waals surface area (Å²) in [6, 6.07) is 3.38. The van der Waals surface area contributed by atoms with Crippen LogP contribution in [0.3, 0.4) is 0 Å². The van der Waals surface area contributed by atoms with Gasteiger partial charge < -0.3 is 36.4 Å². The van der Waals surface area contributed by atoms with Crippen molar-refractivity contribution in [2.75, 3.05) is 54.1 Å². The largest absolute Gasteiger partial charge is 1.00 e. The minimum absolute atomic E-state index is 0. The number of halogens is 1. The Bertz CT molecular complexity index is 998. The minimum atomic E-state index is -0.0619. The van der Waals surface area contributed by atoms with Crippen LogP contribution >= 0.6 is 0 Å². The van der Waals surface area contributed by atoms with E-state index in [4.69, 9.17) is 14.2 Å². The topological polar surface area (TPSA) is 87.3 Å². The van der Waals surface area contributed by atoms with Crippen molar-refractivity contribution >= 4 is 11.7 Å². The number of nitrogens with one attached hydrogen (secondary N) is 1. The number of aromatic nitrogens is 2. The number of Topliss-reactive ketones (excluding diaryl/α,β-unsaturated/α-hetero) is 1. The number of hydrogen-bond donors (Lipinski definition) is 1. The standard InChI is InChI=1S/C24H34N4O5.ClH/c1-16-22(17(2)26(3)25-16)19(29)8-11-27-9-7-10-28(13-12-27)24(30)18-14-20(31-4)23(33-6)21(15-18)32-5;/h14-15H,7-13H2,1-6H3;1H. The zero-order valence-corrected chi connectivity index (χ0v) is 21.6. The lowest BCUT2D eigenvalue weighted by Crippen LogP contribution is -3.12. The predicted octanol–water partition coefficient (Wildman–Crippen LogP) is -1.93. The maximum absolute atomic E-state index is 13.2. The molecule has 0 aliphatic carbocycles. The normalized spacial score (nSPS) is 15.8. The molecule has 0 saturated carbocycles. The van der Waals surface area contributed by atoms with Gasteiger partial charge >= 0.3 is 0 Å². The van der Waals surface area contributed by atoms with Gasteiger partial charge in [0.25, 0.3) is 5.91 Å². The van der Waals surface area contributed by atoms with Gasteiger partial charge in [-0.05, 0) is 26.0 Å². The number of aryl methyl sites for hydroxylation is 2. The van der Waals surface area contributed by atoms with E-state index in [1.807, 2.05) is 25.8 Å². The molecule has 2 aromatic rings. The van der Waals surface area contributed by atoms with Crippen LogP contribution in [0.1, 0.15) is 44.9 Å². The predicted molar refractivity (Wildman–Crippen MR) is 124 cm³/mol. The second-order valence-corrected chi connectivity index (χ2v) is 8.40. The van der Waals surface area contributed by atoms with Crippen LogP contribution in [-0.4, -0.2) is 80.4 Å². The summed E-state index contributed by atoms with van der Waals surface area (Å²) in [6.07, 6.45) is 1.36. The molecule has 1 amide bonds. The van der Waals surface area contributed by atoms with Crippen LogP contribution in [0, 0.1) is 13.8 Å². The minimum Gasteiger partial charge on any atom is -1.00 e. The molecule has 1 aliphatic rings. The van der Waals surface area contributed by atoms with E-state index in [2.05, 4.69) is 5.10 Å². The lowest BCUT2D eigenvalue weighted by Gasteiger charge is -2.21. The van der Waals surface area contributed by atoms with E-state index in [-0.39, 0.29) is 24.1 Å². The number of ketones is 1. The fourth-order valence-electron chi connectivity index (χ4n) is 4.48. The van der Waals surface area contributed by atoms with Crippen LogP contribution in [0.2, 0.25) is 0 Å². The van der Waals surface area contributed by atoms with Gasteiger partial charge in [0.1, 0.15) is 0 Å². The van der Waals surface area contributed by atoms with E-state index in [9.17, 15) is 9.59 Å². The second kappa shape index (κ2) is 12.1. The third-order valence-corrected chi connectivity index (χ3v) is 6.39. The number of benzene rings is 1. The molecule has 1 N–H and O–H groups in total. The smallest absolute Gasteiger partial charge is 0.254 e. The van der Waals surface area contributed by atoms with Crippen molar-refractivity contribution in [2.24, 2.45) is 7.05 Å². The van der Waals surface area contributed by atoms with E-state index in [0.717, 1.165) is 43.0 Å². The number of ether oxygens (including phenoxy) is 3. The van der Waals surface area contributed by atoms with Crippen molar-refractivity contribution in [2.45, 2.75) is 26.7 Å². The highest BCUT2D eigenvalue weighted by Gasteiger charge is 2.26. The van der Waals surface area contributed by atoms with E-state index < -0.39 is 0 Å². The Morgan fingerprint density at radius 1 is 1.03 bits per heavy atom. The fraction of sp³-hybridized carbons (Fsp3) is 0.542. The Balaban J connectivity index is 0.00000408. The molecule has 1 aliphatic heterocycles. The maximum atomic E-state index is 13.2. The number of methoxy groups -OCH3 is 3. The average Bonchev–Trinajstić information content (AvgIpc) is 2.97. The Morgan fingerprint density at radius 2 is 1.68 bits per heavy atom.